The van der Waals surface area contributed by atoms with E-state index in [-0.39, 0.29) is 18.9 Å². The van der Waals surface area contributed by atoms with Gasteiger partial charge in [-0.05, 0) is 24.3 Å². The van der Waals surface area contributed by atoms with Crippen LogP contribution in [-0.4, -0.2) is 20.4 Å². The smallest absolute Gasteiger partial charge is 0.328 e. The van der Waals surface area contributed by atoms with Gasteiger partial charge in [-0.15, -0.1) is 11.3 Å². The number of aromatic nitrogens is 3. The van der Waals surface area contributed by atoms with E-state index >= 15 is 0 Å². The molecule has 27 heavy (non-hydrogen) atoms. The molecule has 7 nitrogen and oxygen atoms in total. The number of amides is 1. The van der Waals surface area contributed by atoms with Crippen molar-refractivity contribution in [1.29, 1.82) is 0 Å². The largest absolute Gasteiger partial charge is 0.350 e. The van der Waals surface area contributed by atoms with Gasteiger partial charge in [0.25, 0.3) is 5.56 Å². The summed E-state index contributed by atoms with van der Waals surface area (Å²) in [4.78, 5) is 42.9. The average Bonchev–Trinajstić information content (AvgIpc) is 3.09. The molecule has 0 bridgehead atoms. The lowest BCUT2D eigenvalue weighted by Gasteiger charge is -2.09. The minimum absolute atomic E-state index is 0.126. The van der Waals surface area contributed by atoms with Crippen LogP contribution in [0.15, 0.2) is 58.1 Å². The SMILES string of the molecule is O=C(CCn1c(=O)[nH]c(=O)c2ccccc21)NCc1nc2ccccc2s1. The van der Waals surface area contributed by atoms with E-state index in [1.54, 1.807) is 24.3 Å². The lowest BCUT2D eigenvalue weighted by atomic mass is 10.2. The summed E-state index contributed by atoms with van der Waals surface area (Å²) in [6, 6.07) is 14.6. The number of nitrogens with zero attached hydrogens (tertiary/aromatic N) is 2. The van der Waals surface area contributed by atoms with Gasteiger partial charge in [-0.2, -0.15) is 0 Å². The van der Waals surface area contributed by atoms with Crippen molar-refractivity contribution in [2.45, 2.75) is 19.5 Å². The molecule has 0 radical (unpaired) electrons. The Morgan fingerprint density at radius 2 is 1.89 bits per heavy atom. The molecule has 2 aromatic heterocycles. The van der Waals surface area contributed by atoms with Crippen molar-refractivity contribution in [3.05, 3.63) is 74.4 Å². The van der Waals surface area contributed by atoms with Crippen LogP contribution in [0.5, 0.6) is 0 Å². The van der Waals surface area contributed by atoms with E-state index in [1.165, 1.54) is 15.9 Å². The molecule has 0 saturated heterocycles. The Hall–Kier alpha value is -3.26. The zero-order valence-corrected chi connectivity index (χ0v) is 15.1. The molecule has 0 unspecified atom stereocenters. The Morgan fingerprint density at radius 3 is 2.74 bits per heavy atom. The molecule has 1 amide bonds. The molecule has 2 heterocycles. The van der Waals surface area contributed by atoms with Crippen molar-refractivity contribution in [2.75, 3.05) is 0 Å². The number of carbonyl (C=O) groups is 1. The van der Waals surface area contributed by atoms with Crippen LogP contribution < -0.4 is 16.6 Å². The van der Waals surface area contributed by atoms with Crippen molar-refractivity contribution in [3.8, 4) is 0 Å². The number of hydrogen-bond donors (Lipinski definition) is 2. The maximum atomic E-state index is 12.2. The summed E-state index contributed by atoms with van der Waals surface area (Å²) in [6.07, 6.45) is 0.126. The summed E-state index contributed by atoms with van der Waals surface area (Å²) in [5, 5.41) is 4.08. The van der Waals surface area contributed by atoms with Gasteiger partial charge in [-0.25, -0.2) is 9.78 Å². The number of nitrogens with one attached hydrogen (secondary N) is 2. The molecule has 8 heteroatoms. The standard InChI is InChI=1S/C19H16N4O3S/c24-16(20-11-17-21-13-6-2-4-8-15(13)27-17)9-10-23-14-7-3-1-5-12(14)18(25)22-19(23)26/h1-8H,9-11H2,(H,20,24)(H,22,25,26). The van der Waals surface area contributed by atoms with Gasteiger partial charge in [0.15, 0.2) is 0 Å². The molecule has 0 aliphatic heterocycles. The van der Waals surface area contributed by atoms with Crippen molar-refractivity contribution in [3.63, 3.8) is 0 Å². The van der Waals surface area contributed by atoms with Crippen molar-refractivity contribution in [2.24, 2.45) is 0 Å². The molecule has 0 atom stereocenters. The second-order valence-electron chi connectivity index (χ2n) is 6.03. The maximum absolute atomic E-state index is 12.2. The number of para-hydroxylation sites is 2. The van der Waals surface area contributed by atoms with Crippen molar-refractivity contribution >= 4 is 38.4 Å². The minimum Gasteiger partial charge on any atom is -0.350 e. The van der Waals surface area contributed by atoms with E-state index in [4.69, 9.17) is 0 Å². The average molecular weight is 380 g/mol. The summed E-state index contributed by atoms with van der Waals surface area (Å²) >= 11 is 1.54. The van der Waals surface area contributed by atoms with E-state index in [2.05, 4.69) is 15.3 Å². The molecule has 0 fully saturated rings. The molecule has 4 rings (SSSR count). The first kappa shape index (κ1) is 17.2. The van der Waals surface area contributed by atoms with Crippen LogP contribution in [-0.2, 0) is 17.9 Å². The van der Waals surface area contributed by atoms with Gasteiger partial charge in [-0.1, -0.05) is 24.3 Å². The fraction of sp³-hybridized carbons (Fsp3) is 0.158. The van der Waals surface area contributed by atoms with Crippen LogP contribution in [0, 0.1) is 0 Å². The van der Waals surface area contributed by atoms with Gasteiger partial charge in [0.1, 0.15) is 5.01 Å². The third-order valence-corrected chi connectivity index (χ3v) is 5.28. The highest BCUT2D eigenvalue weighted by Crippen LogP contribution is 2.21. The predicted molar refractivity (Wildman–Crippen MR) is 105 cm³/mol. The number of H-pyrrole nitrogens is 1. The number of thiazole rings is 1. The summed E-state index contributed by atoms with van der Waals surface area (Å²) in [7, 11) is 0. The number of fused-ring (bicyclic) bond motifs is 2. The summed E-state index contributed by atoms with van der Waals surface area (Å²) in [6.45, 7) is 0.529. The number of rotatable bonds is 5. The van der Waals surface area contributed by atoms with Crippen molar-refractivity contribution < 1.29 is 4.79 Å². The summed E-state index contributed by atoms with van der Waals surface area (Å²) < 4.78 is 2.49. The molecule has 2 N–H and O–H groups in total. The molecule has 0 aliphatic carbocycles. The van der Waals surface area contributed by atoms with Gasteiger partial charge in [-0.3, -0.25) is 19.1 Å². The number of aryl methyl sites for hydroxylation is 1. The fourth-order valence-electron chi connectivity index (χ4n) is 2.94. The summed E-state index contributed by atoms with van der Waals surface area (Å²) in [5.74, 6) is -0.184. The highest BCUT2D eigenvalue weighted by molar-refractivity contribution is 7.18. The first-order valence-corrected chi connectivity index (χ1v) is 9.26. The van der Waals surface area contributed by atoms with Crippen LogP contribution in [0.1, 0.15) is 11.4 Å². The van der Waals surface area contributed by atoms with E-state index in [0.29, 0.717) is 17.4 Å². The molecule has 136 valence electrons. The van der Waals surface area contributed by atoms with Gasteiger partial charge in [0.2, 0.25) is 5.91 Å². The molecular formula is C19H16N4O3S. The Kier molecular flexibility index (Phi) is 4.55. The Balaban J connectivity index is 1.44. The normalized spacial score (nSPS) is 11.1. The number of carbonyl (C=O) groups excluding carboxylic acids is 1. The zero-order chi connectivity index (χ0) is 18.8. The monoisotopic (exact) mass is 380 g/mol. The molecule has 0 spiro atoms. The second kappa shape index (κ2) is 7.16. The number of hydrogen-bond acceptors (Lipinski definition) is 5. The molecule has 4 aromatic rings. The fourth-order valence-corrected chi connectivity index (χ4v) is 3.84. The van der Waals surface area contributed by atoms with Crippen molar-refractivity contribution in [1.82, 2.24) is 19.9 Å². The van der Waals surface area contributed by atoms with Crippen LogP contribution in [0.4, 0.5) is 0 Å². The van der Waals surface area contributed by atoms with Gasteiger partial charge >= 0.3 is 5.69 Å². The van der Waals surface area contributed by atoms with Crippen LogP contribution >= 0.6 is 11.3 Å². The van der Waals surface area contributed by atoms with Crippen LogP contribution in [0.25, 0.3) is 21.1 Å². The molecule has 2 aromatic carbocycles. The maximum Gasteiger partial charge on any atom is 0.328 e. The summed E-state index contributed by atoms with van der Waals surface area (Å²) in [5.41, 5.74) is 0.494. The third kappa shape index (κ3) is 3.52. The Bertz CT molecular complexity index is 1220. The highest BCUT2D eigenvalue weighted by atomic mass is 32.1. The lowest BCUT2D eigenvalue weighted by Crippen LogP contribution is -2.32. The first-order chi connectivity index (χ1) is 13.1. The van der Waals surface area contributed by atoms with E-state index < -0.39 is 11.2 Å². The topological polar surface area (TPSA) is 96.9 Å². The van der Waals surface area contributed by atoms with E-state index in [1.807, 2.05) is 24.3 Å². The first-order valence-electron chi connectivity index (χ1n) is 8.45. The predicted octanol–water partition coefficient (Wildman–Crippen LogP) is 2.01. The van der Waals surface area contributed by atoms with Crippen LogP contribution in [0.3, 0.4) is 0 Å². The van der Waals surface area contributed by atoms with Gasteiger partial charge in [0, 0.05) is 13.0 Å². The zero-order valence-electron chi connectivity index (χ0n) is 14.3. The number of benzene rings is 2. The quantitative estimate of drug-likeness (QED) is 0.553. The minimum atomic E-state index is -0.516. The lowest BCUT2D eigenvalue weighted by molar-refractivity contribution is -0.121. The Labute approximate surface area is 157 Å². The number of aromatic amines is 1. The van der Waals surface area contributed by atoms with Gasteiger partial charge in [0.05, 0.1) is 27.7 Å². The van der Waals surface area contributed by atoms with Gasteiger partial charge < -0.3 is 5.32 Å². The molecule has 0 aliphatic rings. The third-order valence-electron chi connectivity index (χ3n) is 4.24. The van der Waals surface area contributed by atoms with E-state index in [9.17, 15) is 14.4 Å². The highest BCUT2D eigenvalue weighted by Gasteiger charge is 2.10. The van der Waals surface area contributed by atoms with E-state index in [0.717, 1.165) is 15.2 Å². The Morgan fingerprint density at radius 1 is 1.11 bits per heavy atom. The second-order valence-corrected chi connectivity index (χ2v) is 7.15. The molecule has 0 saturated carbocycles. The molecular weight excluding hydrogens is 364 g/mol. The van der Waals surface area contributed by atoms with Crippen LogP contribution in [0.2, 0.25) is 0 Å².